The highest BCUT2D eigenvalue weighted by Crippen LogP contribution is 2.40. The van der Waals surface area contributed by atoms with Crippen LogP contribution in [0.2, 0.25) is 0 Å². The first kappa shape index (κ1) is 33.2. The van der Waals surface area contributed by atoms with E-state index in [-0.39, 0.29) is 22.7 Å². The lowest BCUT2D eigenvalue weighted by atomic mass is 9.72. The minimum Gasteiger partial charge on any atom is -0.488 e. The van der Waals surface area contributed by atoms with Crippen LogP contribution in [0, 0.1) is 16.7 Å². The minimum atomic E-state index is -0.662. The zero-order chi connectivity index (χ0) is 30.6. The molecule has 0 saturated heterocycles. The van der Waals surface area contributed by atoms with Crippen LogP contribution in [0.25, 0.3) is 20.5 Å². The lowest BCUT2D eigenvalue weighted by molar-refractivity contribution is -0.170. The van der Waals surface area contributed by atoms with E-state index in [1.165, 1.54) is 45.4 Å². The molecule has 2 aromatic carbocycles. The van der Waals surface area contributed by atoms with Crippen LogP contribution in [0.5, 0.6) is 5.75 Å². The highest BCUT2D eigenvalue weighted by molar-refractivity contribution is 7.22. The molecule has 0 aliphatic carbocycles. The maximum Gasteiger partial charge on any atom is 0.310 e. The summed E-state index contributed by atoms with van der Waals surface area (Å²) in [5.74, 6) is 0.554. The van der Waals surface area contributed by atoms with Gasteiger partial charge in [-0.1, -0.05) is 85.6 Å². The second-order valence-corrected chi connectivity index (χ2v) is 16.5. The third-order valence-electron chi connectivity index (χ3n) is 7.57. The quantitative estimate of drug-likeness (QED) is 0.158. The van der Waals surface area contributed by atoms with Crippen molar-refractivity contribution in [1.29, 1.82) is 0 Å². The summed E-state index contributed by atoms with van der Waals surface area (Å²) in [6.07, 6.45) is 6.32. The number of ether oxygens (including phenoxy) is 2. The van der Waals surface area contributed by atoms with E-state index in [9.17, 15) is 4.79 Å². The number of thiophene rings is 1. The molecule has 3 aromatic rings. The zero-order valence-electron chi connectivity index (χ0n) is 27.6. The number of benzene rings is 2. The van der Waals surface area contributed by atoms with Crippen LogP contribution in [0.15, 0.2) is 48.5 Å². The van der Waals surface area contributed by atoms with Gasteiger partial charge < -0.3 is 9.47 Å². The van der Waals surface area contributed by atoms with Gasteiger partial charge in [0, 0.05) is 16.0 Å². The van der Waals surface area contributed by atoms with Crippen LogP contribution in [0.4, 0.5) is 0 Å². The average Bonchev–Trinajstić information content (AvgIpc) is 3.24. The molecule has 0 spiro atoms. The third kappa shape index (κ3) is 10.2. The van der Waals surface area contributed by atoms with Crippen molar-refractivity contribution in [2.75, 3.05) is 0 Å². The SMILES string of the molecule is CCCCCc1ccc(-c2cc3ccc(OC(C)(C)CC(C)(C)OC(=O)C(CC(C)(C)C)C(C)(C)C)cc3s2)cc1. The summed E-state index contributed by atoms with van der Waals surface area (Å²) in [5, 5.41) is 1.23. The van der Waals surface area contributed by atoms with E-state index in [0.29, 0.717) is 6.42 Å². The lowest BCUT2D eigenvalue weighted by Crippen LogP contribution is -2.43. The molecule has 0 N–H and O–H groups in total. The fraction of sp³-hybridized carbons (Fsp3) is 0.595. The van der Waals surface area contributed by atoms with E-state index >= 15 is 0 Å². The predicted octanol–water partition coefficient (Wildman–Crippen LogP) is 11.3. The number of fused-ring (bicyclic) bond motifs is 1. The molecule has 0 saturated carbocycles. The van der Waals surface area contributed by atoms with E-state index in [2.05, 4.69) is 111 Å². The molecule has 41 heavy (non-hydrogen) atoms. The van der Waals surface area contributed by atoms with Gasteiger partial charge in [-0.15, -0.1) is 11.3 Å². The van der Waals surface area contributed by atoms with Crippen LogP contribution in [-0.4, -0.2) is 17.2 Å². The van der Waals surface area contributed by atoms with Gasteiger partial charge in [0.1, 0.15) is 17.0 Å². The molecule has 0 radical (unpaired) electrons. The Kier molecular flexibility index (Phi) is 10.4. The van der Waals surface area contributed by atoms with Crippen LogP contribution < -0.4 is 4.74 Å². The van der Waals surface area contributed by atoms with Gasteiger partial charge in [-0.2, -0.15) is 0 Å². The number of carbonyl (C=O) groups excluding carboxylic acids is 1. The Balaban J connectivity index is 1.69. The molecule has 0 bridgehead atoms. The van der Waals surface area contributed by atoms with Crippen molar-refractivity contribution in [3.05, 3.63) is 54.1 Å². The summed E-state index contributed by atoms with van der Waals surface area (Å²) in [6.45, 7) is 23.3. The number of unbranched alkanes of at least 4 members (excludes halogenated alkanes) is 2. The second-order valence-electron chi connectivity index (χ2n) is 15.4. The van der Waals surface area contributed by atoms with Crippen molar-refractivity contribution >= 4 is 27.4 Å². The second kappa shape index (κ2) is 12.9. The van der Waals surface area contributed by atoms with Gasteiger partial charge in [-0.05, 0) is 98.6 Å². The molecule has 1 atom stereocenters. The summed E-state index contributed by atoms with van der Waals surface area (Å²) in [7, 11) is 0. The summed E-state index contributed by atoms with van der Waals surface area (Å²) in [4.78, 5) is 14.7. The normalized spacial score (nSPS) is 13.8. The molecule has 1 aromatic heterocycles. The summed E-state index contributed by atoms with van der Waals surface area (Å²) >= 11 is 1.80. The number of rotatable bonds is 12. The van der Waals surface area contributed by atoms with Gasteiger partial charge in [0.2, 0.25) is 0 Å². The van der Waals surface area contributed by atoms with Crippen molar-refractivity contribution in [3.63, 3.8) is 0 Å². The highest BCUT2D eigenvalue weighted by atomic mass is 32.1. The van der Waals surface area contributed by atoms with Crippen LogP contribution in [-0.2, 0) is 16.0 Å². The summed E-state index contributed by atoms with van der Waals surface area (Å²) < 4.78 is 13.9. The van der Waals surface area contributed by atoms with Crippen molar-refractivity contribution in [1.82, 2.24) is 0 Å². The Labute approximate surface area is 254 Å². The first-order chi connectivity index (χ1) is 18.9. The monoisotopic (exact) mass is 578 g/mol. The first-order valence-electron chi connectivity index (χ1n) is 15.4. The van der Waals surface area contributed by atoms with Crippen LogP contribution >= 0.6 is 11.3 Å². The fourth-order valence-corrected chi connectivity index (χ4v) is 6.84. The van der Waals surface area contributed by atoms with Crippen molar-refractivity contribution in [2.45, 2.75) is 126 Å². The highest BCUT2D eigenvalue weighted by Gasteiger charge is 2.40. The zero-order valence-corrected chi connectivity index (χ0v) is 28.4. The molecular formula is C37H54O3S. The molecule has 0 amide bonds. The average molecular weight is 579 g/mol. The largest absolute Gasteiger partial charge is 0.488 e. The maximum atomic E-state index is 13.4. The molecular weight excluding hydrogens is 524 g/mol. The Morgan fingerprint density at radius 3 is 2.07 bits per heavy atom. The Morgan fingerprint density at radius 1 is 0.829 bits per heavy atom. The Morgan fingerprint density at radius 2 is 1.49 bits per heavy atom. The Bertz CT molecular complexity index is 1280. The van der Waals surface area contributed by atoms with Gasteiger partial charge in [-0.25, -0.2) is 0 Å². The van der Waals surface area contributed by atoms with Crippen LogP contribution in [0.3, 0.4) is 0 Å². The van der Waals surface area contributed by atoms with Gasteiger partial charge >= 0.3 is 5.97 Å². The molecule has 1 unspecified atom stereocenters. The Hall–Kier alpha value is -2.33. The topological polar surface area (TPSA) is 35.5 Å². The third-order valence-corrected chi connectivity index (χ3v) is 8.71. The number of hydrogen-bond donors (Lipinski definition) is 0. The minimum absolute atomic E-state index is 0.0431. The molecule has 0 fully saturated rings. The fourth-order valence-electron chi connectivity index (χ4n) is 5.75. The standard InChI is InChI=1S/C37H54O3S/c1-12-13-14-15-26-16-18-27(19-17-26)31-22-28-20-21-29(23-32(28)41-31)39-36(8,9)25-37(10,11)40-33(38)30(35(5,6)7)24-34(2,3)4/h16-23,30H,12-15,24-25H2,1-11H3. The molecule has 3 nitrogen and oxygen atoms in total. The molecule has 226 valence electrons. The van der Waals surface area contributed by atoms with Gasteiger partial charge in [0.15, 0.2) is 0 Å². The number of carbonyl (C=O) groups is 1. The molecule has 0 aliphatic heterocycles. The van der Waals surface area contributed by atoms with Crippen molar-refractivity contribution in [3.8, 4) is 16.2 Å². The summed E-state index contributed by atoms with van der Waals surface area (Å²) in [6, 6.07) is 17.7. The lowest BCUT2D eigenvalue weighted by Gasteiger charge is -2.39. The van der Waals surface area contributed by atoms with E-state index in [1.54, 1.807) is 11.3 Å². The van der Waals surface area contributed by atoms with Crippen LogP contribution in [0.1, 0.15) is 114 Å². The van der Waals surface area contributed by atoms with Gasteiger partial charge in [-0.3, -0.25) is 4.79 Å². The molecule has 3 rings (SSSR count). The van der Waals surface area contributed by atoms with E-state index in [4.69, 9.17) is 9.47 Å². The van der Waals surface area contributed by atoms with Crippen molar-refractivity contribution in [2.24, 2.45) is 16.7 Å². The van der Waals surface area contributed by atoms with E-state index < -0.39 is 11.2 Å². The first-order valence-corrected chi connectivity index (χ1v) is 16.2. The summed E-state index contributed by atoms with van der Waals surface area (Å²) in [5.41, 5.74) is 1.37. The van der Waals surface area contributed by atoms with E-state index in [1.807, 2.05) is 13.8 Å². The molecule has 1 heterocycles. The number of esters is 1. The number of hydrogen-bond acceptors (Lipinski definition) is 4. The maximum absolute atomic E-state index is 13.4. The smallest absolute Gasteiger partial charge is 0.310 e. The van der Waals surface area contributed by atoms with Gasteiger partial charge in [0.05, 0.1) is 5.92 Å². The number of aryl methyl sites for hydroxylation is 1. The predicted molar refractivity (Wildman–Crippen MR) is 177 cm³/mol. The van der Waals surface area contributed by atoms with Crippen molar-refractivity contribution < 1.29 is 14.3 Å². The molecule has 0 aliphatic rings. The molecule has 4 heteroatoms. The van der Waals surface area contributed by atoms with Gasteiger partial charge in [0.25, 0.3) is 0 Å². The van der Waals surface area contributed by atoms with E-state index in [0.717, 1.165) is 18.6 Å².